The molecule has 158 valence electrons. The predicted molar refractivity (Wildman–Crippen MR) is 103 cm³/mol. The molecule has 0 aliphatic heterocycles. The minimum atomic E-state index is -4.76. The topological polar surface area (TPSA) is 68.5 Å². The summed E-state index contributed by atoms with van der Waals surface area (Å²) in [6, 6.07) is 12.3. The molecular weight excluding hydrogens is 399 g/mol. The first-order valence-electron chi connectivity index (χ1n) is 9.02. The number of benzene rings is 2. The van der Waals surface area contributed by atoms with Gasteiger partial charge < -0.3 is 14.2 Å². The third-order valence-corrected chi connectivity index (χ3v) is 4.74. The van der Waals surface area contributed by atoms with Crippen molar-refractivity contribution in [2.45, 2.75) is 32.7 Å². The van der Waals surface area contributed by atoms with E-state index in [0.29, 0.717) is 11.1 Å². The lowest BCUT2D eigenvalue weighted by atomic mass is 10.0. The van der Waals surface area contributed by atoms with E-state index in [1.807, 2.05) is 19.1 Å². The smallest absolute Gasteiger partial charge is 0.406 e. The second kappa shape index (κ2) is 7.81. The molecule has 0 bridgehead atoms. The van der Waals surface area contributed by atoms with E-state index in [-0.39, 0.29) is 23.4 Å². The fourth-order valence-corrected chi connectivity index (χ4v) is 2.68. The van der Waals surface area contributed by atoms with Gasteiger partial charge in [-0.1, -0.05) is 22.9 Å². The van der Waals surface area contributed by atoms with Gasteiger partial charge in [-0.15, -0.1) is 13.2 Å². The zero-order valence-corrected chi connectivity index (χ0v) is 16.8. The largest absolute Gasteiger partial charge is 0.573 e. The molecule has 0 unspecified atom stereocenters. The Hall–Kier alpha value is -3.36. The van der Waals surface area contributed by atoms with Gasteiger partial charge in [0.1, 0.15) is 11.3 Å². The molecule has 1 amide bonds. The van der Waals surface area contributed by atoms with Gasteiger partial charge in [0.2, 0.25) is 5.82 Å². The van der Waals surface area contributed by atoms with Crippen molar-refractivity contribution in [1.29, 1.82) is 0 Å². The van der Waals surface area contributed by atoms with Crippen molar-refractivity contribution < 1.29 is 27.2 Å². The van der Waals surface area contributed by atoms with Crippen LogP contribution in [0.3, 0.4) is 0 Å². The van der Waals surface area contributed by atoms with E-state index in [0.717, 1.165) is 17.7 Å². The Morgan fingerprint density at radius 1 is 1.03 bits per heavy atom. The number of amides is 1. The van der Waals surface area contributed by atoms with E-state index < -0.39 is 11.9 Å². The number of alkyl halides is 3. The van der Waals surface area contributed by atoms with Crippen LogP contribution < -0.4 is 4.74 Å². The average molecular weight is 419 g/mol. The van der Waals surface area contributed by atoms with Crippen LogP contribution in [-0.2, 0) is 5.54 Å². The third-order valence-electron chi connectivity index (χ3n) is 4.74. The van der Waals surface area contributed by atoms with Gasteiger partial charge in [-0.3, -0.25) is 4.79 Å². The average Bonchev–Trinajstić information content (AvgIpc) is 3.18. The maximum atomic E-state index is 12.8. The third kappa shape index (κ3) is 4.61. The second-order valence-electron chi connectivity index (χ2n) is 7.28. The molecule has 2 aromatic carbocycles. The first-order valence-corrected chi connectivity index (χ1v) is 9.02. The number of carbonyl (C=O) groups is 1. The number of ether oxygens (including phenoxy) is 1. The van der Waals surface area contributed by atoms with Crippen LogP contribution in [0.25, 0.3) is 11.4 Å². The summed E-state index contributed by atoms with van der Waals surface area (Å²) in [5, 5.41) is 3.90. The van der Waals surface area contributed by atoms with Crippen molar-refractivity contribution in [3.63, 3.8) is 0 Å². The SMILES string of the molecule is Cc1ccc(C(=O)N(C)C(C)(C)c2nc(-c3ccc(OC(F)(F)F)cc3)no2)cc1. The van der Waals surface area contributed by atoms with Gasteiger partial charge in [0.15, 0.2) is 0 Å². The lowest BCUT2D eigenvalue weighted by Crippen LogP contribution is -2.43. The highest BCUT2D eigenvalue weighted by Gasteiger charge is 2.36. The minimum absolute atomic E-state index is 0.188. The Morgan fingerprint density at radius 3 is 2.20 bits per heavy atom. The van der Waals surface area contributed by atoms with Crippen LogP contribution >= 0.6 is 0 Å². The van der Waals surface area contributed by atoms with Gasteiger partial charge in [-0.25, -0.2) is 0 Å². The molecule has 0 fully saturated rings. The Kier molecular flexibility index (Phi) is 5.56. The van der Waals surface area contributed by atoms with Gasteiger partial charge in [-0.2, -0.15) is 4.98 Å². The number of hydrogen-bond donors (Lipinski definition) is 0. The molecule has 3 rings (SSSR count). The van der Waals surface area contributed by atoms with Crippen molar-refractivity contribution in [1.82, 2.24) is 15.0 Å². The number of carbonyl (C=O) groups excluding carboxylic acids is 1. The first-order chi connectivity index (χ1) is 14.0. The Balaban J connectivity index is 1.80. The van der Waals surface area contributed by atoms with Crippen LogP contribution in [0, 0.1) is 6.92 Å². The van der Waals surface area contributed by atoms with E-state index in [1.165, 1.54) is 17.0 Å². The molecule has 30 heavy (non-hydrogen) atoms. The van der Waals surface area contributed by atoms with Crippen LogP contribution in [0.2, 0.25) is 0 Å². The van der Waals surface area contributed by atoms with Gasteiger partial charge in [0.25, 0.3) is 11.8 Å². The standard InChI is InChI=1S/C21H20F3N3O3/c1-13-5-7-15(8-6-13)18(28)27(4)20(2,3)19-25-17(26-30-19)14-9-11-16(12-10-14)29-21(22,23)24/h5-12H,1-4H3. The molecule has 0 saturated heterocycles. The molecule has 0 spiro atoms. The van der Waals surface area contributed by atoms with Crippen molar-refractivity contribution >= 4 is 5.91 Å². The van der Waals surface area contributed by atoms with Crippen LogP contribution in [-0.4, -0.2) is 34.4 Å². The van der Waals surface area contributed by atoms with Crippen molar-refractivity contribution in [2.75, 3.05) is 7.05 Å². The molecule has 1 heterocycles. The summed E-state index contributed by atoms with van der Waals surface area (Å²) in [6.45, 7) is 5.46. The molecule has 0 N–H and O–H groups in total. The Morgan fingerprint density at radius 2 is 1.63 bits per heavy atom. The van der Waals surface area contributed by atoms with Crippen molar-refractivity contribution in [3.8, 4) is 17.1 Å². The zero-order valence-electron chi connectivity index (χ0n) is 16.8. The summed E-state index contributed by atoms with van der Waals surface area (Å²) < 4.78 is 46.1. The van der Waals surface area contributed by atoms with E-state index in [1.54, 1.807) is 33.0 Å². The highest BCUT2D eigenvalue weighted by molar-refractivity contribution is 5.94. The highest BCUT2D eigenvalue weighted by Crippen LogP contribution is 2.30. The van der Waals surface area contributed by atoms with E-state index in [2.05, 4.69) is 14.9 Å². The Labute approximate surface area is 171 Å². The van der Waals surface area contributed by atoms with Crippen molar-refractivity contribution in [3.05, 3.63) is 65.5 Å². The highest BCUT2D eigenvalue weighted by atomic mass is 19.4. The summed E-state index contributed by atoms with van der Waals surface area (Å²) in [4.78, 5) is 18.7. The summed E-state index contributed by atoms with van der Waals surface area (Å²) in [5.74, 6) is -0.184. The number of halogens is 3. The predicted octanol–water partition coefficient (Wildman–Crippen LogP) is 4.95. The maximum absolute atomic E-state index is 12.8. The molecule has 9 heteroatoms. The first kappa shape index (κ1) is 21.4. The molecule has 0 atom stereocenters. The van der Waals surface area contributed by atoms with Crippen LogP contribution in [0.1, 0.15) is 35.7 Å². The van der Waals surface area contributed by atoms with Gasteiger partial charge in [0, 0.05) is 18.2 Å². The molecule has 0 radical (unpaired) electrons. The molecule has 0 saturated carbocycles. The minimum Gasteiger partial charge on any atom is -0.406 e. The van der Waals surface area contributed by atoms with E-state index in [9.17, 15) is 18.0 Å². The molecule has 1 aromatic heterocycles. The van der Waals surface area contributed by atoms with E-state index in [4.69, 9.17) is 4.52 Å². The molecule has 0 aliphatic rings. The molecule has 0 aliphatic carbocycles. The van der Waals surface area contributed by atoms with E-state index >= 15 is 0 Å². The molecule has 3 aromatic rings. The summed E-state index contributed by atoms with van der Waals surface area (Å²) >= 11 is 0. The maximum Gasteiger partial charge on any atom is 0.573 e. The van der Waals surface area contributed by atoms with Gasteiger partial charge >= 0.3 is 6.36 Å². The zero-order chi connectivity index (χ0) is 22.1. The fraction of sp³-hybridized carbons (Fsp3) is 0.286. The van der Waals surface area contributed by atoms with Crippen molar-refractivity contribution in [2.24, 2.45) is 0 Å². The summed E-state index contributed by atoms with van der Waals surface area (Å²) in [7, 11) is 1.63. The summed E-state index contributed by atoms with van der Waals surface area (Å²) in [6.07, 6.45) is -4.76. The van der Waals surface area contributed by atoms with Crippen LogP contribution in [0.5, 0.6) is 5.75 Å². The van der Waals surface area contributed by atoms with Gasteiger partial charge in [0.05, 0.1) is 0 Å². The second-order valence-corrected chi connectivity index (χ2v) is 7.28. The number of nitrogens with zero attached hydrogens (tertiary/aromatic N) is 3. The summed E-state index contributed by atoms with van der Waals surface area (Å²) in [5.41, 5.74) is 1.09. The van der Waals surface area contributed by atoms with Crippen LogP contribution in [0.4, 0.5) is 13.2 Å². The normalized spacial score (nSPS) is 12.0. The quantitative estimate of drug-likeness (QED) is 0.585. The number of hydrogen-bond acceptors (Lipinski definition) is 5. The van der Waals surface area contributed by atoms with Gasteiger partial charge in [-0.05, 0) is 57.2 Å². The lowest BCUT2D eigenvalue weighted by molar-refractivity contribution is -0.274. The monoisotopic (exact) mass is 419 g/mol. The molecular formula is C21H20F3N3O3. The Bertz CT molecular complexity index is 1030. The van der Waals surface area contributed by atoms with Crippen LogP contribution in [0.15, 0.2) is 53.1 Å². The lowest BCUT2D eigenvalue weighted by Gasteiger charge is -2.32. The molecule has 6 nitrogen and oxygen atoms in total. The fourth-order valence-electron chi connectivity index (χ4n) is 2.68. The number of aryl methyl sites for hydroxylation is 1. The number of aromatic nitrogens is 2. The number of rotatable bonds is 5.